The van der Waals surface area contributed by atoms with Crippen molar-refractivity contribution in [2.24, 2.45) is 5.73 Å². The first-order valence-corrected chi connectivity index (χ1v) is 7.77. The quantitative estimate of drug-likeness (QED) is 0.744. The fraction of sp³-hybridized carbons (Fsp3) is 0.200. The van der Waals surface area contributed by atoms with Crippen LogP contribution in [-0.2, 0) is 0 Å². The highest BCUT2D eigenvalue weighted by Crippen LogP contribution is 2.39. The van der Waals surface area contributed by atoms with E-state index in [9.17, 15) is 4.39 Å². The molecule has 0 radical (unpaired) electrons. The van der Waals surface area contributed by atoms with Gasteiger partial charge in [-0.05, 0) is 69.1 Å². The van der Waals surface area contributed by atoms with Crippen molar-refractivity contribution in [3.8, 4) is 17.2 Å². The van der Waals surface area contributed by atoms with Gasteiger partial charge < -0.3 is 15.2 Å². The van der Waals surface area contributed by atoms with E-state index in [1.54, 1.807) is 32.2 Å². The Labute approximate surface area is 139 Å². The van der Waals surface area contributed by atoms with Crippen molar-refractivity contribution < 1.29 is 13.9 Å². The maximum absolute atomic E-state index is 13.3. The van der Waals surface area contributed by atoms with E-state index in [4.69, 9.17) is 15.2 Å². The van der Waals surface area contributed by atoms with Gasteiger partial charge in [0.05, 0.1) is 16.1 Å². The monoisotopic (exact) mass is 417 g/mol. The van der Waals surface area contributed by atoms with Crippen molar-refractivity contribution >= 4 is 31.9 Å². The molecule has 1 atom stereocenters. The number of nitrogens with two attached hydrogens (primary N) is 1. The molecule has 2 aromatic rings. The average Bonchev–Trinajstić information content (AvgIpc) is 2.44. The predicted octanol–water partition coefficient (Wildman–Crippen LogP) is 5.17. The number of methoxy groups -OCH3 is 1. The van der Waals surface area contributed by atoms with Crippen LogP contribution < -0.4 is 15.2 Å². The highest BCUT2D eigenvalue weighted by Gasteiger charge is 2.14. The highest BCUT2D eigenvalue weighted by molar-refractivity contribution is 9.11. The molecule has 6 heteroatoms. The maximum Gasteiger partial charge on any atom is 0.143 e. The van der Waals surface area contributed by atoms with Crippen LogP contribution in [0.25, 0.3) is 0 Å². The molecule has 2 rings (SSSR count). The lowest BCUT2D eigenvalue weighted by atomic mass is 10.1. The van der Waals surface area contributed by atoms with Gasteiger partial charge in [0.15, 0.2) is 0 Å². The molecule has 0 saturated heterocycles. The van der Waals surface area contributed by atoms with Crippen LogP contribution in [0.4, 0.5) is 4.39 Å². The molecule has 0 amide bonds. The number of halogens is 3. The van der Waals surface area contributed by atoms with E-state index < -0.39 is 0 Å². The van der Waals surface area contributed by atoms with E-state index in [2.05, 4.69) is 31.9 Å². The lowest BCUT2D eigenvalue weighted by molar-refractivity contribution is 0.409. The SMILES string of the molecule is COc1cc(Br)c(Oc2ccc(F)cc2[C@@H](C)N)cc1Br. The average molecular weight is 419 g/mol. The molecule has 0 unspecified atom stereocenters. The van der Waals surface area contributed by atoms with E-state index in [0.29, 0.717) is 22.8 Å². The molecule has 112 valence electrons. The highest BCUT2D eigenvalue weighted by atomic mass is 79.9. The largest absolute Gasteiger partial charge is 0.496 e. The number of rotatable bonds is 4. The van der Waals surface area contributed by atoms with Gasteiger partial charge in [-0.3, -0.25) is 0 Å². The van der Waals surface area contributed by atoms with Crippen molar-refractivity contribution in [1.82, 2.24) is 0 Å². The fourth-order valence-corrected chi connectivity index (χ4v) is 2.72. The Bertz CT molecular complexity index is 662. The molecule has 2 N–H and O–H groups in total. The Hall–Kier alpha value is -1.11. The standard InChI is InChI=1S/C15H14Br2FNO2/c1-8(19)10-5-9(18)3-4-13(10)21-15-7-11(16)14(20-2)6-12(15)17/h3-8H,19H2,1-2H3/t8-/m1/s1. The Morgan fingerprint density at radius 1 is 1.05 bits per heavy atom. The summed E-state index contributed by atoms with van der Waals surface area (Å²) in [6.07, 6.45) is 0. The van der Waals surface area contributed by atoms with Crippen molar-refractivity contribution in [1.29, 1.82) is 0 Å². The first-order chi connectivity index (χ1) is 9.92. The summed E-state index contributed by atoms with van der Waals surface area (Å²) in [6.45, 7) is 1.78. The Morgan fingerprint density at radius 3 is 2.29 bits per heavy atom. The molecule has 0 spiro atoms. The summed E-state index contributed by atoms with van der Waals surface area (Å²) in [6, 6.07) is 7.51. The zero-order chi connectivity index (χ0) is 15.6. The molecular weight excluding hydrogens is 405 g/mol. The van der Waals surface area contributed by atoms with Crippen LogP contribution in [0.15, 0.2) is 39.3 Å². The first kappa shape index (κ1) is 16.3. The third-order valence-electron chi connectivity index (χ3n) is 2.89. The second kappa shape index (κ2) is 6.77. The normalized spacial score (nSPS) is 12.1. The van der Waals surface area contributed by atoms with Gasteiger partial charge in [0.25, 0.3) is 0 Å². The van der Waals surface area contributed by atoms with E-state index >= 15 is 0 Å². The molecule has 0 saturated carbocycles. The van der Waals surface area contributed by atoms with E-state index in [1.807, 2.05) is 0 Å². The molecule has 0 aliphatic heterocycles. The van der Waals surface area contributed by atoms with E-state index in [-0.39, 0.29) is 11.9 Å². The molecular formula is C15H14Br2FNO2. The van der Waals surface area contributed by atoms with Gasteiger partial charge in [0, 0.05) is 11.6 Å². The van der Waals surface area contributed by atoms with Crippen LogP contribution in [0.5, 0.6) is 17.2 Å². The Morgan fingerprint density at radius 2 is 1.67 bits per heavy atom. The van der Waals surface area contributed by atoms with E-state index in [1.165, 1.54) is 12.1 Å². The maximum atomic E-state index is 13.3. The van der Waals surface area contributed by atoms with Gasteiger partial charge >= 0.3 is 0 Å². The van der Waals surface area contributed by atoms with Crippen LogP contribution in [0.1, 0.15) is 18.5 Å². The lowest BCUT2D eigenvalue weighted by Crippen LogP contribution is -2.07. The summed E-state index contributed by atoms with van der Waals surface area (Å²) in [5, 5.41) is 0. The summed E-state index contributed by atoms with van der Waals surface area (Å²) >= 11 is 6.83. The molecule has 0 bridgehead atoms. The molecule has 0 aromatic heterocycles. The molecule has 21 heavy (non-hydrogen) atoms. The summed E-state index contributed by atoms with van der Waals surface area (Å²) < 4.78 is 25.9. The minimum absolute atomic E-state index is 0.337. The number of hydrogen-bond acceptors (Lipinski definition) is 3. The topological polar surface area (TPSA) is 44.5 Å². The van der Waals surface area contributed by atoms with Gasteiger partial charge in [0.2, 0.25) is 0 Å². The molecule has 0 aliphatic carbocycles. The van der Waals surface area contributed by atoms with E-state index in [0.717, 1.165) is 8.95 Å². The van der Waals surface area contributed by atoms with Crippen LogP contribution in [0.3, 0.4) is 0 Å². The third-order valence-corrected chi connectivity index (χ3v) is 4.13. The fourth-order valence-electron chi connectivity index (χ4n) is 1.83. The number of benzene rings is 2. The minimum Gasteiger partial charge on any atom is -0.496 e. The van der Waals surface area contributed by atoms with Crippen LogP contribution in [0, 0.1) is 5.82 Å². The minimum atomic E-state index is -0.343. The summed E-state index contributed by atoms with van der Waals surface area (Å²) in [7, 11) is 1.58. The smallest absolute Gasteiger partial charge is 0.143 e. The Kier molecular flexibility index (Phi) is 5.24. The second-order valence-electron chi connectivity index (χ2n) is 4.49. The summed E-state index contributed by atoms with van der Waals surface area (Å²) in [5.41, 5.74) is 6.47. The van der Waals surface area contributed by atoms with Gasteiger partial charge in [-0.1, -0.05) is 0 Å². The third kappa shape index (κ3) is 3.75. The second-order valence-corrected chi connectivity index (χ2v) is 6.20. The van der Waals surface area contributed by atoms with Gasteiger partial charge in [-0.25, -0.2) is 4.39 Å². The van der Waals surface area contributed by atoms with Gasteiger partial charge in [-0.15, -0.1) is 0 Å². The zero-order valence-corrected chi connectivity index (χ0v) is 14.7. The molecule has 2 aromatic carbocycles. The number of ether oxygens (including phenoxy) is 2. The first-order valence-electron chi connectivity index (χ1n) is 6.18. The zero-order valence-electron chi connectivity index (χ0n) is 11.5. The van der Waals surface area contributed by atoms with Crippen molar-refractivity contribution in [3.05, 3.63) is 50.7 Å². The Balaban J connectivity index is 2.41. The van der Waals surface area contributed by atoms with Crippen LogP contribution >= 0.6 is 31.9 Å². The van der Waals surface area contributed by atoms with Crippen LogP contribution in [0.2, 0.25) is 0 Å². The van der Waals surface area contributed by atoms with Gasteiger partial charge in [0.1, 0.15) is 23.1 Å². The molecule has 3 nitrogen and oxygen atoms in total. The van der Waals surface area contributed by atoms with Crippen molar-refractivity contribution in [2.45, 2.75) is 13.0 Å². The van der Waals surface area contributed by atoms with Crippen LogP contribution in [-0.4, -0.2) is 7.11 Å². The molecule has 0 fully saturated rings. The van der Waals surface area contributed by atoms with Crippen molar-refractivity contribution in [3.63, 3.8) is 0 Å². The number of hydrogen-bond donors (Lipinski definition) is 1. The van der Waals surface area contributed by atoms with Gasteiger partial charge in [-0.2, -0.15) is 0 Å². The lowest BCUT2D eigenvalue weighted by Gasteiger charge is -2.15. The summed E-state index contributed by atoms with van der Waals surface area (Å²) in [5.74, 6) is 1.44. The predicted molar refractivity (Wildman–Crippen MR) is 87.5 cm³/mol. The molecule has 0 aliphatic rings. The van der Waals surface area contributed by atoms with Crippen molar-refractivity contribution in [2.75, 3.05) is 7.11 Å². The molecule has 0 heterocycles. The summed E-state index contributed by atoms with van der Waals surface area (Å²) in [4.78, 5) is 0.